The van der Waals surface area contributed by atoms with Crippen LogP contribution >= 0.6 is 23.4 Å². The third-order valence-electron chi connectivity index (χ3n) is 5.61. The Morgan fingerprint density at radius 3 is 2.45 bits per heavy atom. The number of hydrogen-bond donors (Lipinski definition) is 0. The lowest BCUT2D eigenvalue weighted by Gasteiger charge is -2.07. The van der Waals surface area contributed by atoms with E-state index in [1.165, 1.54) is 19.2 Å². The Hall–Kier alpha value is -3.36. The molecule has 0 spiro atoms. The van der Waals surface area contributed by atoms with Gasteiger partial charge in [0.2, 0.25) is 12.2 Å². The van der Waals surface area contributed by atoms with Crippen LogP contribution in [-0.4, -0.2) is 29.5 Å². The molecule has 9 heteroatoms. The highest BCUT2D eigenvalue weighted by Crippen LogP contribution is 2.40. The van der Waals surface area contributed by atoms with Gasteiger partial charge in [-0.2, -0.15) is 10.1 Å². The minimum Gasteiger partial charge on any atom is -0.342 e. The standard InChI is InChI=1S/C24H19ClN6OS/c1-30-23(20-12-13-31(28-20)18-8-9-18)27-21(24(30)33-19-10-6-17(25)7-11-19)15-2-4-16(5-3-15)22-26-14-32-29-22/h2-7,10-14,18H,8-9H2,1H3. The molecular weight excluding hydrogens is 456 g/mol. The zero-order chi connectivity index (χ0) is 22.4. The van der Waals surface area contributed by atoms with Crippen LogP contribution in [-0.2, 0) is 7.05 Å². The molecule has 1 fully saturated rings. The second-order valence-corrected chi connectivity index (χ2v) is 9.45. The summed E-state index contributed by atoms with van der Waals surface area (Å²) in [4.78, 5) is 10.3. The average Bonchev–Trinajstić information content (AvgIpc) is 3.22. The van der Waals surface area contributed by atoms with E-state index in [9.17, 15) is 0 Å². The Labute approximate surface area is 199 Å². The van der Waals surface area contributed by atoms with Gasteiger partial charge in [-0.25, -0.2) is 4.98 Å². The maximum absolute atomic E-state index is 6.09. The van der Waals surface area contributed by atoms with E-state index in [0.29, 0.717) is 16.9 Å². The highest BCUT2D eigenvalue weighted by molar-refractivity contribution is 7.99. The van der Waals surface area contributed by atoms with Gasteiger partial charge >= 0.3 is 0 Å². The number of halogens is 1. The fraction of sp³-hybridized carbons (Fsp3) is 0.167. The molecule has 7 nitrogen and oxygen atoms in total. The molecular formula is C24H19ClN6OS. The maximum atomic E-state index is 6.09. The smallest absolute Gasteiger partial charge is 0.214 e. The SMILES string of the molecule is Cn1c(-c2ccn(C3CC3)n2)nc(-c2ccc(-c3ncon3)cc2)c1Sc1ccc(Cl)cc1. The summed E-state index contributed by atoms with van der Waals surface area (Å²) >= 11 is 7.75. The maximum Gasteiger partial charge on any atom is 0.214 e. The molecule has 0 radical (unpaired) electrons. The van der Waals surface area contributed by atoms with Gasteiger partial charge in [0.1, 0.15) is 16.4 Å². The third kappa shape index (κ3) is 3.96. The fourth-order valence-corrected chi connectivity index (χ4v) is 4.81. The fourth-order valence-electron chi connectivity index (χ4n) is 3.71. The van der Waals surface area contributed by atoms with Gasteiger partial charge in [0.05, 0.1) is 6.04 Å². The van der Waals surface area contributed by atoms with Crippen LogP contribution in [0.1, 0.15) is 18.9 Å². The largest absolute Gasteiger partial charge is 0.342 e. The van der Waals surface area contributed by atoms with Gasteiger partial charge < -0.3 is 9.09 Å². The summed E-state index contributed by atoms with van der Waals surface area (Å²) in [5.41, 5.74) is 3.66. The van der Waals surface area contributed by atoms with Crippen molar-refractivity contribution in [3.8, 4) is 34.2 Å². The van der Waals surface area contributed by atoms with Crippen LogP contribution in [0.2, 0.25) is 5.02 Å². The number of benzene rings is 2. The highest BCUT2D eigenvalue weighted by atomic mass is 35.5. The Balaban J connectivity index is 1.42. The molecule has 0 N–H and O–H groups in total. The Morgan fingerprint density at radius 2 is 1.76 bits per heavy atom. The van der Waals surface area contributed by atoms with Crippen molar-refractivity contribution in [3.05, 3.63) is 72.2 Å². The lowest BCUT2D eigenvalue weighted by atomic mass is 10.1. The molecule has 2 aromatic carbocycles. The summed E-state index contributed by atoms with van der Waals surface area (Å²) in [5, 5.41) is 10.5. The van der Waals surface area contributed by atoms with Gasteiger partial charge in [-0.3, -0.25) is 4.68 Å². The topological polar surface area (TPSA) is 74.6 Å². The van der Waals surface area contributed by atoms with E-state index in [1.807, 2.05) is 67.8 Å². The van der Waals surface area contributed by atoms with Crippen molar-refractivity contribution in [1.82, 2.24) is 29.5 Å². The van der Waals surface area contributed by atoms with E-state index in [4.69, 9.17) is 26.2 Å². The average molecular weight is 475 g/mol. The Kier molecular flexibility index (Phi) is 5.04. The quantitative estimate of drug-likeness (QED) is 0.294. The highest BCUT2D eigenvalue weighted by Gasteiger charge is 2.26. The van der Waals surface area contributed by atoms with Crippen molar-refractivity contribution < 1.29 is 4.52 Å². The first-order chi connectivity index (χ1) is 16.2. The summed E-state index contributed by atoms with van der Waals surface area (Å²) in [7, 11) is 2.04. The molecule has 1 aliphatic rings. The van der Waals surface area contributed by atoms with Gasteiger partial charge in [0.25, 0.3) is 0 Å². The van der Waals surface area contributed by atoms with E-state index in [-0.39, 0.29) is 0 Å². The third-order valence-corrected chi connectivity index (χ3v) is 7.03. The number of rotatable bonds is 6. The van der Waals surface area contributed by atoms with Gasteiger partial charge in [-0.1, -0.05) is 52.8 Å². The molecule has 6 rings (SSSR count). The first kappa shape index (κ1) is 20.3. The van der Waals surface area contributed by atoms with E-state index in [1.54, 1.807) is 11.8 Å². The molecule has 0 saturated heterocycles. The minimum absolute atomic E-state index is 0.527. The molecule has 0 unspecified atom stereocenters. The molecule has 3 aromatic heterocycles. The molecule has 0 aliphatic heterocycles. The lowest BCUT2D eigenvalue weighted by Crippen LogP contribution is -1.98. The predicted octanol–water partition coefficient (Wildman–Crippen LogP) is 6.14. The second-order valence-electron chi connectivity index (χ2n) is 7.95. The zero-order valence-electron chi connectivity index (χ0n) is 17.7. The van der Waals surface area contributed by atoms with Crippen molar-refractivity contribution in [3.63, 3.8) is 0 Å². The minimum atomic E-state index is 0.527. The molecule has 3 heterocycles. The Morgan fingerprint density at radius 1 is 1.00 bits per heavy atom. The molecule has 1 saturated carbocycles. The van der Waals surface area contributed by atoms with Crippen LogP contribution in [0, 0.1) is 0 Å². The van der Waals surface area contributed by atoms with Crippen LogP contribution in [0.4, 0.5) is 0 Å². The lowest BCUT2D eigenvalue weighted by molar-refractivity contribution is 0.419. The first-order valence-corrected chi connectivity index (χ1v) is 11.8. The van der Waals surface area contributed by atoms with Gasteiger partial charge in [0.15, 0.2) is 5.82 Å². The predicted molar refractivity (Wildman–Crippen MR) is 127 cm³/mol. The molecule has 0 amide bonds. The van der Waals surface area contributed by atoms with Crippen molar-refractivity contribution in [1.29, 1.82) is 0 Å². The zero-order valence-corrected chi connectivity index (χ0v) is 19.3. The summed E-state index contributed by atoms with van der Waals surface area (Å²) in [6.45, 7) is 0. The van der Waals surface area contributed by atoms with Gasteiger partial charge in [0, 0.05) is 34.3 Å². The number of imidazole rings is 1. The molecule has 1 aliphatic carbocycles. The summed E-state index contributed by atoms with van der Waals surface area (Å²) in [6, 6.07) is 18.4. The molecule has 164 valence electrons. The summed E-state index contributed by atoms with van der Waals surface area (Å²) < 4.78 is 9.03. The van der Waals surface area contributed by atoms with E-state index >= 15 is 0 Å². The van der Waals surface area contributed by atoms with Crippen LogP contribution in [0.15, 0.2) is 81.6 Å². The number of nitrogens with zero attached hydrogens (tertiary/aromatic N) is 6. The molecule has 5 aromatic rings. The molecule has 0 bridgehead atoms. The van der Waals surface area contributed by atoms with Crippen molar-refractivity contribution >= 4 is 23.4 Å². The monoisotopic (exact) mass is 474 g/mol. The normalized spacial score (nSPS) is 13.5. The van der Waals surface area contributed by atoms with Crippen LogP contribution in [0.3, 0.4) is 0 Å². The van der Waals surface area contributed by atoms with Gasteiger partial charge in [-0.05, 0) is 43.2 Å². The van der Waals surface area contributed by atoms with E-state index < -0.39 is 0 Å². The summed E-state index contributed by atoms with van der Waals surface area (Å²) in [5.74, 6) is 1.40. The number of hydrogen-bond acceptors (Lipinski definition) is 6. The number of aromatic nitrogens is 6. The second kappa shape index (κ2) is 8.20. The van der Waals surface area contributed by atoms with Crippen LogP contribution < -0.4 is 0 Å². The van der Waals surface area contributed by atoms with Crippen LogP contribution in [0.5, 0.6) is 0 Å². The summed E-state index contributed by atoms with van der Waals surface area (Å²) in [6.07, 6.45) is 5.76. The first-order valence-electron chi connectivity index (χ1n) is 10.6. The molecule has 33 heavy (non-hydrogen) atoms. The van der Waals surface area contributed by atoms with Gasteiger partial charge in [-0.15, -0.1) is 0 Å². The van der Waals surface area contributed by atoms with Crippen molar-refractivity contribution in [2.75, 3.05) is 0 Å². The van der Waals surface area contributed by atoms with Crippen molar-refractivity contribution in [2.24, 2.45) is 7.05 Å². The van der Waals surface area contributed by atoms with Crippen molar-refractivity contribution in [2.45, 2.75) is 28.8 Å². The van der Waals surface area contributed by atoms with E-state index in [0.717, 1.165) is 38.3 Å². The Bertz CT molecular complexity index is 1400. The molecule has 0 atom stereocenters. The van der Waals surface area contributed by atoms with E-state index in [2.05, 4.69) is 19.4 Å². The van der Waals surface area contributed by atoms with Crippen LogP contribution in [0.25, 0.3) is 34.2 Å².